The lowest BCUT2D eigenvalue weighted by Crippen LogP contribution is -2.45. The number of rotatable bonds is 8. The number of likely N-dealkylation sites (N-methyl/N-ethyl adjacent to an activating group) is 1. The molecule has 1 fully saturated rings. The van der Waals surface area contributed by atoms with Crippen molar-refractivity contribution in [3.63, 3.8) is 0 Å². The Labute approximate surface area is 141 Å². The zero-order chi connectivity index (χ0) is 17.7. The number of urea groups is 1. The Balaban J connectivity index is 1.76. The second-order valence-electron chi connectivity index (χ2n) is 6.17. The van der Waals surface area contributed by atoms with Gasteiger partial charge in [-0.05, 0) is 44.0 Å². The van der Waals surface area contributed by atoms with Gasteiger partial charge in [-0.25, -0.2) is 13.6 Å². The van der Waals surface area contributed by atoms with Crippen molar-refractivity contribution in [3.8, 4) is 0 Å². The summed E-state index contributed by atoms with van der Waals surface area (Å²) in [4.78, 5) is 14.2. The molecule has 24 heavy (non-hydrogen) atoms. The normalized spacial score (nSPS) is 16.8. The Hall–Kier alpha value is -1.73. The number of carbonyl (C=O) groups excluding carboxylic acids is 1. The van der Waals surface area contributed by atoms with Crippen molar-refractivity contribution in [2.45, 2.75) is 44.9 Å². The maximum absolute atomic E-state index is 13.2. The summed E-state index contributed by atoms with van der Waals surface area (Å²) in [6.07, 6.45) is 1.32. The fourth-order valence-corrected chi connectivity index (χ4v) is 2.67. The van der Waals surface area contributed by atoms with Crippen LogP contribution in [0.5, 0.6) is 0 Å². The van der Waals surface area contributed by atoms with E-state index in [0.29, 0.717) is 12.6 Å². The number of aliphatic hydroxyl groups is 1. The highest BCUT2D eigenvalue weighted by molar-refractivity contribution is 5.74. The lowest BCUT2D eigenvalue weighted by atomic mass is 10.0. The van der Waals surface area contributed by atoms with E-state index in [9.17, 15) is 18.7 Å². The fraction of sp³-hybridized carbons (Fsp3) is 0.588. The first-order valence-electron chi connectivity index (χ1n) is 8.33. The Kier molecular flexibility index (Phi) is 6.51. The van der Waals surface area contributed by atoms with Gasteiger partial charge in [-0.3, -0.25) is 4.90 Å². The molecule has 0 aliphatic heterocycles. The molecule has 0 aromatic heterocycles. The molecule has 0 saturated heterocycles. The van der Waals surface area contributed by atoms with E-state index in [0.717, 1.165) is 25.2 Å². The predicted octanol–water partition coefficient (Wildman–Crippen LogP) is 2.17. The molecular weight excluding hydrogens is 316 g/mol. The molecular formula is C17H25F2N3O2. The van der Waals surface area contributed by atoms with E-state index in [1.165, 1.54) is 18.9 Å². The molecule has 1 aromatic carbocycles. The average molecular weight is 341 g/mol. The Bertz CT molecular complexity index is 567. The summed E-state index contributed by atoms with van der Waals surface area (Å²) in [5.74, 6) is -2.00. The molecule has 1 aliphatic rings. The van der Waals surface area contributed by atoms with Crippen LogP contribution in [0.25, 0.3) is 0 Å². The zero-order valence-electron chi connectivity index (χ0n) is 14.1. The van der Waals surface area contributed by atoms with Crippen molar-refractivity contribution < 1.29 is 18.7 Å². The van der Waals surface area contributed by atoms with Gasteiger partial charge in [0.2, 0.25) is 0 Å². The smallest absolute Gasteiger partial charge is 0.315 e. The molecule has 134 valence electrons. The molecule has 5 nitrogen and oxygen atoms in total. The molecule has 1 aliphatic carbocycles. The number of amides is 2. The van der Waals surface area contributed by atoms with Crippen LogP contribution in [0.1, 0.15) is 38.4 Å². The molecule has 2 atom stereocenters. The monoisotopic (exact) mass is 341 g/mol. The molecule has 2 amide bonds. The molecule has 0 bridgehead atoms. The van der Waals surface area contributed by atoms with Gasteiger partial charge < -0.3 is 15.7 Å². The van der Waals surface area contributed by atoms with Crippen LogP contribution in [0.4, 0.5) is 13.6 Å². The van der Waals surface area contributed by atoms with Gasteiger partial charge in [0.15, 0.2) is 11.6 Å². The molecule has 2 rings (SSSR count). The molecule has 0 heterocycles. The highest BCUT2D eigenvalue weighted by Gasteiger charge is 2.27. The summed E-state index contributed by atoms with van der Waals surface area (Å²) in [5, 5.41) is 15.5. The molecule has 3 N–H and O–H groups in total. The second-order valence-corrected chi connectivity index (χ2v) is 6.17. The van der Waals surface area contributed by atoms with Crippen LogP contribution in [0.3, 0.4) is 0 Å². The highest BCUT2D eigenvalue weighted by Crippen LogP contribution is 2.25. The summed E-state index contributed by atoms with van der Waals surface area (Å²) in [7, 11) is 0. The van der Waals surface area contributed by atoms with Crippen molar-refractivity contribution >= 4 is 6.03 Å². The summed E-state index contributed by atoms with van der Waals surface area (Å²) in [6, 6.07) is 2.81. The van der Waals surface area contributed by atoms with Gasteiger partial charge in [0, 0.05) is 19.1 Å². The van der Waals surface area contributed by atoms with Crippen LogP contribution in [-0.2, 0) is 0 Å². The summed E-state index contributed by atoms with van der Waals surface area (Å²) in [5.41, 5.74) is 0.215. The third-order valence-electron chi connectivity index (χ3n) is 4.27. The third kappa shape index (κ3) is 5.14. The van der Waals surface area contributed by atoms with Crippen LogP contribution < -0.4 is 10.6 Å². The predicted molar refractivity (Wildman–Crippen MR) is 87.6 cm³/mol. The van der Waals surface area contributed by atoms with Crippen LogP contribution in [-0.4, -0.2) is 47.8 Å². The van der Waals surface area contributed by atoms with Crippen LogP contribution in [0.2, 0.25) is 0 Å². The fourth-order valence-electron chi connectivity index (χ4n) is 2.67. The average Bonchev–Trinajstić information content (AvgIpc) is 3.38. The topological polar surface area (TPSA) is 64.6 Å². The number of hydrogen-bond donors (Lipinski definition) is 3. The molecule has 0 radical (unpaired) electrons. The molecule has 0 spiro atoms. The standard InChI is InChI=1S/C17H25F2N3O2/c1-3-22(13-5-6-13)9-8-20-17(24)21-11(2)16(23)12-4-7-14(18)15(19)10-12/h4,7,10-11,13,16,23H,3,5-6,8-9H2,1-2H3,(H2,20,21,24). The number of carbonyl (C=O) groups is 1. The van der Waals surface area contributed by atoms with Crippen molar-refractivity contribution in [2.24, 2.45) is 0 Å². The van der Waals surface area contributed by atoms with Crippen molar-refractivity contribution in [2.75, 3.05) is 19.6 Å². The minimum Gasteiger partial charge on any atom is -0.386 e. The Morgan fingerprint density at radius 2 is 2.08 bits per heavy atom. The van der Waals surface area contributed by atoms with Gasteiger partial charge in [-0.15, -0.1) is 0 Å². The van der Waals surface area contributed by atoms with Crippen LogP contribution in [0.15, 0.2) is 18.2 Å². The summed E-state index contributed by atoms with van der Waals surface area (Å²) in [6.45, 7) is 5.96. The third-order valence-corrected chi connectivity index (χ3v) is 4.27. The van der Waals surface area contributed by atoms with Crippen molar-refractivity contribution in [1.29, 1.82) is 0 Å². The maximum Gasteiger partial charge on any atom is 0.315 e. The summed E-state index contributed by atoms with van der Waals surface area (Å²) >= 11 is 0. The maximum atomic E-state index is 13.2. The van der Waals surface area contributed by atoms with E-state index in [-0.39, 0.29) is 5.56 Å². The SMILES string of the molecule is CCN(CCNC(=O)NC(C)C(O)c1ccc(F)c(F)c1)C1CC1. The lowest BCUT2D eigenvalue weighted by Gasteiger charge is -2.22. The Morgan fingerprint density at radius 3 is 2.67 bits per heavy atom. The van der Waals surface area contributed by atoms with E-state index in [2.05, 4.69) is 22.5 Å². The minimum atomic E-state index is -1.12. The quantitative estimate of drug-likeness (QED) is 0.679. The zero-order valence-corrected chi connectivity index (χ0v) is 14.1. The van der Waals surface area contributed by atoms with E-state index in [1.54, 1.807) is 6.92 Å². The number of nitrogens with zero attached hydrogens (tertiary/aromatic N) is 1. The van der Waals surface area contributed by atoms with Crippen LogP contribution in [0, 0.1) is 11.6 Å². The second kappa shape index (κ2) is 8.39. The van der Waals surface area contributed by atoms with Gasteiger partial charge in [-0.2, -0.15) is 0 Å². The van der Waals surface area contributed by atoms with Gasteiger partial charge in [0.05, 0.1) is 12.1 Å². The van der Waals surface area contributed by atoms with Gasteiger partial charge in [0.25, 0.3) is 0 Å². The van der Waals surface area contributed by atoms with Gasteiger partial charge in [-0.1, -0.05) is 13.0 Å². The lowest BCUT2D eigenvalue weighted by molar-refractivity contribution is 0.136. The van der Waals surface area contributed by atoms with E-state index in [4.69, 9.17) is 0 Å². The molecule has 1 aromatic rings. The molecule has 1 saturated carbocycles. The number of aliphatic hydroxyl groups excluding tert-OH is 1. The number of hydrogen-bond acceptors (Lipinski definition) is 3. The molecule has 7 heteroatoms. The highest BCUT2D eigenvalue weighted by atomic mass is 19.2. The number of halogens is 2. The number of benzene rings is 1. The van der Waals surface area contributed by atoms with Crippen LogP contribution >= 0.6 is 0 Å². The Morgan fingerprint density at radius 1 is 1.38 bits per heavy atom. The van der Waals surface area contributed by atoms with Gasteiger partial charge in [0.1, 0.15) is 0 Å². The van der Waals surface area contributed by atoms with E-state index < -0.39 is 29.8 Å². The van der Waals surface area contributed by atoms with Crippen molar-refractivity contribution in [1.82, 2.24) is 15.5 Å². The minimum absolute atomic E-state index is 0.215. The van der Waals surface area contributed by atoms with Crippen molar-refractivity contribution in [3.05, 3.63) is 35.4 Å². The summed E-state index contributed by atoms with van der Waals surface area (Å²) < 4.78 is 26.1. The first-order chi connectivity index (χ1) is 11.4. The van der Waals surface area contributed by atoms with E-state index >= 15 is 0 Å². The number of nitrogens with one attached hydrogen (secondary N) is 2. The largest absolute Gasteiger partial charge is 0.386 e. The first kappa shape index (κ1) is 18.6. The van der Waals surface area contributed by atoms with E-state index in [1.807, 2.05) is 0 Å². The first-order valence-corrected chi connectivity index (χ1v) is 8.33. The molecule has 2 unspecified atom stereocenters. The van der Waals surface area contributed by atoms with Gasteiger partial charge >= 0.3 is 6.03 Å².